The third kappa shape index (κ3) is 7.88. The lowest BCUT2D eigenvalue weighted by Gasteiger charge is -2.34. The first-order valence-electron chi connectivity index (χ1n) is 10.5. The first-order chi connectivity index (χ1) is 14.1. The van der Waals surface area contributed by atoms with E-state index in [4.69, 9.17) is 4.74 Å². The van der Waals surface area contributed by atoms with Gasteiger partial charge in [-0.3, -0.25) is 14.6 Å². The summed E-state index contributed by atoms with van der Waals surface area (Å²) < 4.78 is 7.87. The number of rotatable bonds is 8. The highest BCUT2D eigenvalue weighted by atomic mass is 127. The van der Waals surface area contributed by atoms with Gasteiger partial charge in [0.05, 0.1) is 19.3 Å². The van der Waals surface area contributed by atoms with Crippen LogP contribution in [0.4, 0.5) is 0 Å². The molecule has 1 aromatic carbocycles. The summed E-state index contributed by atoms with van der Waals surface area (Å²) in [5, 5.41) is 11.2. The van der Waals surface area contributed by atoms with Crippen LogP contribution in [-0.4, -0.2) is 66.6 Å². The third-order valence-electron chi connectivity index (χ3n) is 5.02. The minimum absolute atomic E-state index is 0. The summed E-state index contributed by atoms with van der Waals surface area (Å²) >= 11 is 0. The van der Waals surface area contributed by atoms with Crippen molar-refractivity contribution >= 4 is 29.9 Å². The molecule has 0 radical (unpaired) electrons. The zero-order valence-corrected chi connectivity index (χ0v) is 20.6. The molecular formula is C22H35IN6O. The lowest BCUT2D eigenvalue weighted by molar-refractivity contribution is -0.0284. The summed E-state index contributed by atoms with van der Waals surface area (Å²) in [5.41, 5.74) is 2.49. The van der Waals surface area contributed by atoms with Crippen LogP contribution in [0.25, 0.3) is 0 Å². The van der Waals surface area contributed by atoms with Gasteiger partial charge in [-0.15, -0.1) is 24.0 Å². The summed E-state index contributed by atoms with van der Waals surface area (Å²) in [6, 6.07) is 10.4. The van der Waals surface area contributed by atoms with Crippen LogP contribution in [0.2, 0.25) is 0 Å². The lowest BCUT2D eigenvalue weighted by Crippen LogP contribution is -2.50. The molecule has 1 aromatic heterocycles. The average molecular weight is 526 g/mol. The van der Waals surface area contributed by atoms with Crippen molar-refractivity contribution in [3.05, 3.63) is 53.9 Å². The van der Waals surface area contributed by atoms with Crippen LogP contribution in [0.1, 0.15) is 25.0 Å². The van der Waals surface area contributed by atoms with Crippen molar-refractivity contribution in [3.8, 4) is 0 Å². The van der Waals surface area contributed by atoms with Gasteiger partial charge < -0.3 is 15.4 Å². The van der Waals surface area contributed by atoms with Gasteiger partial charge >= 0.3 is 0 Å². The van der Waals surface area contributed by atoms with Crippen molar-refractivity contribution < 1.29 is 4.74 Å². The van der Waals surface area contributed by atoms with E-state index in [0.29, 0.717) is 12.5 Å². The van der Waals surface area contributed by atoms with Gasteiger partial charge in [0, 0.05) is 52.2 Å². The maximum atomic E-state index is 5.93. The molecule has 1 unspecified atom stereocenters. The molecule has 2 heterocycles. The molecule has 1 saturated heterocycles. The molecule has 2 N–H and O–H groups in total. The van der Waals surface area contributed by atoms with E-state index in [2.05, 4.69) is 63.7 Å². The first-order valence-corrected chi connectivity index (χ1v) is 10.5. The Morgan fingerprint density at radius 1 is 1.23 bits per heavy atom. The molecule has 1 fully saturated rings. The Morgan fingerprint density at radius 2 is 2.03 bits per heavy atom. The third-order valence-corrected chi connectivity index (χ3v) is 5.02. The van der Waals surface area contributed by atoms with Gasteiger partial charge in [0.25, 0.3) is 0 Å². The monoisotopic (exact) mass is 526 g/mol. The quantitative estimate of drug-likeness (QED) is 0.315. The van der Waals surface area contributed by atoms with Crippen LogP contribution in [-0.2, 0) is 17.8 Å². The Morgan fingerprint density at radius 3 is 2.73 bits per heavy atom. The Labute approximate surface area is 197 Å². The van der Waals surface area contributed by atoms with Crippen LogP contribution < -0.4 is 10.6 Å². The van der Waals surface area contributed by atoms with E-state index >= 15 is 0 Å². The minimum atomic E-state index is 0. The van der Waals surface area contributed by atoms with E-state index < -0.39 is 0 Å². The number of guanidine groups is 1. The fourth-order valence-corrected chi connectivity index (χ4v) is 3.65. The van der Waals surface area contributed by atoms with Crippen LogP contribution in [0.15, 0.2) is 47.7 Å². The predicted molar refractivity (Wildman–Crippen MR) is 132 cm³/mol. The van der Waals surface area contributed by atoms with Crippen molar-refractivity contribution in [1.29, 1.82) is 0 Å². The number of nitrogens with one attached hydrogen (secondary N) is 2. The van der Waals surface area contributed by atoms with Crippen molar-refractivity contribution in [1.82, 2.24) is 25.3 Å². The number of nitrogens with zero attached hydrogens (tertiary/aromatic N) is 4. The maximum Gasteiger partial charge on any atom is 0.191 e. The van der Waals surface area contributed by atoms with Gasteiger partial charge in [0.15, 0.2) is 5.96 Å². The summed E-state index contributed by atoms with van der Waals surface area (Å²) in [6.45, 7) is 10.7. The van der Waals surface area contributed by atoms with Crippen LogP contribution in [0, 0.1) is 5.92 Å². The van der Waals surface area contributed by atoms with Gasteiger partial charge in [0.1, 0.15) is 0 Å². The number of benzene rings is 1. The number of ether oxygens (including phenoxy) is 1. The molecule has 2 aromatic rings. The summed E-state index contributed by atoms with van der Waals surface area (Å²) in [6.07, 6.45) is 3.98. The largest absolute Gasteiger partial charge is 0.374 e. The highest BCUT2D eigenvalue weighted by Gasteiger charge is 2.21. The zero-order valence-electron chi connectivity index (χ0n) is 18.3. The van der Waals surface area contributed by atoms with E-state index in [9.17, 15) is 0 Å². The molecule has 0 amide bonds. The second-order valence-electron chi connectivity index (χ2n) is 7.93. The Hall–Kier alpha value is -1.65. The molecule has 30 heavy (non-hydrogen) atoms. The topological polar surface area (TPSA) is 66.7 Å². The Bertz CT molecular complexity index is 765. The van der Waals surface area contributed by atoms with Crippen LogP contribution in [0.5, 0.6) is 0 Å². The molecule has 1 aliphatic rings. The number of aromatic nitrogens is 2. The van der Waals surface area contributed by atoms with Crippen LogP contribution >= 0.6 is 24.0 Å². The van der Waals surface area contributed by atoms with Crippen molar-refractivity contribution in [3.63, 3.8) is 0 Å². The number of morpholine rings is 1. The van der Waals surface area contributed by atoms with Crippen LogP contribution in [0.3, 0.4) is 0 Å². The number of aliphatic imine (C=N–C) groups is 1. The number of hydrogen-bond donors (Lipinski definition) is 2. The van der Waals surface area contributed by atoms with Crippen molar-refractivity contribution in [2.45, 2.75) is 33.0 Å². The van der Waals surface area contributed by atoms with Gasteiger partial charge in [0.2, 0.25) is 0 Å². The standard InChI is InChI=1S/C22H34N6O.HI/c1-18(2)15-27-11-12-29-21(17-27)14-25-22(23-3)24-13-19-7-4-5-8-20(19)16-28-10-6-9-26-28;/h4-10,18,21H,11-17H2,1-3H3,(H2,23,24,25);1H. The Balaban J connectivity index is 0.00000320. The molecule has 166 valence electrons. The van der Waals surface area contributed by atoms with E-state index in [1.807, 2.05) is 23.1 Å². The second-order valence-corrected chi connectivity index (χ2v) is 7.93. The molecule has 0 spiro atoms. The molecule has 7 nitrogen and oxygen atoms in total. The zero-order chi connectivity index (χ0) is 20.5. The summed E-state index contributed by atoms with van der Waals surface area (Å²) in [5.74, 6) is 1.47. The molecule has 1 aliphatic heterocycles. The number of halogens is 1. The average Bonchev–Trinajstić information content (AvgIpc) is 3.22. The fourth-order valence-electron chi connectivity index (χ4n) is 3.65. The summed E-state index contributed by atoms with van der Waals surface area (Å²) in [4.78, 5) is 6.86. The SMILES string of the molecule is CN=C(NCc1ccccc1Cn1cccn1)NCC1CN(CC(C)C)CCO1.I. The summed E-state index contributed by atoms with van der Waals surface area (Å²) in [7, 11) is 1.80. The molecule has 0 aliphatic carbocycles. The van der Waals surface area contributed by atoms with E-state index in [1.54, 1.807) is 7.05 Å². The highest BCUT2D eigenvalue weighted by molar-refractivity contribution is 14.0. The van der Waals surface area contributed by atoms with Gasteiger partial charge in [-0.2, -0.15) is 5.10 Å². The van der Waals surface area contributed by atoms with E-state index in [-0.39, 0.29) is 30.1 Å². The molecule has 8 heteroatoms. The Kier molecular flexibility index (Phi) is 10.6. The van der Waals surface area contributed by atoms with Gasteiger partial charge in [-0.1, -0.05) is 38.1 Å². The molecule has 0 saturated carbocycles. The lowest BCUT2D eigenvalue weighted by atomic mass is 10.1. The van der Waals surface area contributed by atoms with E-state index in [1.165, 1.54) is 11.1 Å². The molecule has 1 atom stereocenters. The second kappa shape index (κ2) is 12.9. The normalized spacial score (nSPS) is 17.6. The minimum Gasteiger partial charge on any atom is -0.374 e. The molecule has 0 bridgehead atoms. The van der Waals surface area contributed by atoms with Gasteiger partial charge in [-0.25, -0.2) is 0 Å². The molecular weight excluding hydrogens is 491 g/mol. The smallest absolute Gasteiger partial charge is 0.191 e. The maximum absolute atomic E-state index is 5.93. The van der Waals surface area contributed by atoms with E-state index in [0.717, 1.165) is 45.3 Å². The van der Waals surface area contributed by atoms with Crippen molar-refractivity contribution in [2.75, 3.05) is 39.8 Å². The fraction of sp³-hybridized carbons (Fsp3) is 0.545. The van der Waals surface area contributed by atoms with Crippen molar-refractivity contribution in [2.24, 2.45) is 10.9 Å². The highest BCUT2D eigenvalue weighted by Crippen LogP contribution is 2.10. The molecule has 3 rings (SSSR count). The first kappa shape index (κ1) is 24.6. The van der Waals surface area contributed by atoms with Gasteiger partial charge in [-0.05, 0) is 23.1 Å². The number of hydrogen-bond acceptors (Lipinski definition) is 4. The predicted octanol–water partition coefficient (Wildman–Crippen LogP) is 2.57.